The molecule has 11 aromatic carbocycles. The van der Waals surface area contributed by atoms with Crippen molar-refractivity contribution >= 4 is 78.1 Å². The summed E-state index contributed by atoms with van der Waals surface area (Å²) in [4.78, 5) is 9.19. The van der Waals surface area contributed by atoms with Crippen LogP contribution in [0, 0.1) is 0 Å². The van der Waals surface area contributed by atoms with Crippen LogP contribution in [0.3, 0.4) is 0 Å². The van der Waals surface area contributed by atoms with Crippen molar-refractivity contribution in [3.63, 3.8) is 0 Å². The minimum absolute atomic E-state index is 0.184. The van der Waals surface area contributed by atoms with Crippen molar-refractivity contribution in [2.24, 2.45) is 0 Å². The number of sulfone groups is 1. The zero-order valence-electron chi connectivity index (χ0n) is 42.5. The summed E-state index contributed by atoms with van der Waals surface area (Å²) in [5.74, 6) is 3.67. The van der Waals surface area contributed by atoms with Crippen LogP contribution in [0.1, 0.15) is 0 Å². The molecular formula is C68H44N6O5S. The molecule has 80 heavy (non-hydrogen) atoms. The molecule has 12 heteroatoms. The average Bonchev–Trinajstić information content (AvgIpc) is 4.15. The molecule has 1 aromatic heterocycles. The number of ether oxygens (including phenoxy) is 2. The van der Waals surface area contributed by atoms with Gasteiger partial charge in [-0.3, -0.25) is 0 Å². The number of rotatable bonds is 9. The third-order valence-corrected chi connectivity index (χ3v) is 16.5. The van der Waals surface area contributed by atoms with Gasteiger partial charge in [-0.15, -0.1) is 10.2 Å². The molecule has 0 saturated heterocycles. The molecule has 0 bridgehead atoms. The van der Waals surface area contributed by atoms with Crippen molar-refractivity contribution in [3.05, 3.63) is 267 Å². The smallest absolute Gasteiger partial charge is 0.248 e. The van der Waals surface area contributed by atoms with Gasteiger partial charge in [0.2, 0.25) is 21.6 Å². The molecule has 0 fully saturated rings. The largest absolute Gasteiger partial charge is 0.453 e. The molecule has 15 rings (SSSR count). The fraction of sp³-hybridized carbons (Fsp3) is 0. The standard InChI is InChI=1S/C68H44N6O5S/c75-80(76,53-37-33-51(34-38-53)73-58-21-9-12-24-63(58)77-64-25-13-10-22-59(64)73)54-39-35-52(36-40-54)74-60-23-11-14-26-65(60)78-66-44-48(30-42-61(66)74)47-29-41-57-62(43-47)72(56-20-8-7-19-55(56)71(57)49-17-5-2-6-18-49)50-31-27-46(28-32-50)68-70-69-67(79-68)45-15-3-1-4-16-45/h1-44H. The van der Waals surface area contributed by atoms with Crippen LogP contribution >= 0.6 is 0 Å². The Morgan fingerprint density at radius 3 is 1.14 bits per heavy atom. The van der Waals surface area contributed by atoms with Crippen LogP contribution in [-0.4, -0.2) is 18.6 Å². The van der Waals surface area contributed by atoms with Gasteiger partial charge < -0.3 is 33.5 Å². The highest BCUT2D eigenvalue weighted by molar-refractivity contribution is 7.91. The van der Waals surface area contributed by atoms with Crippen molar-refractivity contribution in [1.82, 2.24) is 10.2 Å². The summed E-state index contributed by atoms with van der Waals surface area (Å²) in [6, 6.07) is 87.3. The molecule has 0 spiro atoms. The quantitative estimate of drug-likeness (QED) is 0.138. The van der Waals surface area contributed by atoms with Gasteiger partial charge in [0.15, 0.2) is 23.0 Å². The molecule has 12 aromatic rings. The lowest BCUT2D eigenvalue weighted by atomic mass is 9.98. The first-order chi connectivity index (χ1) is 39.4. The summed E-state index contributed by atoms with van der Waals surface area (Å²) in [6.45, 7) is 0. The summed E-state index contributed by atoms with van der Waals surface area (Å²) in [7, 11) is -3.90. The Morgan fingerprint density at radius 1 is 0.275 bits per heavy atom. The molecule has 0 radical (unpaired) electrons. The summed E-state index contributed by atoms with van der Waals surface area (Å²) >= 11 is 0. The van der Waals surface area contributed by atoms with E-state index in [1.54, 1.807) is 24.3 Å². The molecule has 0 unspecified atom stereocenters. The van der Waals surface area contributed by atoms with E-state index >= 15 is 0 Å². The van der Waals surface area contributed by atoms with E-state index in [2.05, 4.69) is 127 Å². The van der Waals surface area contributed by atoms with Crippen LogP contribution < -0.4 is 29.1 Å². The van der Waals surface area contributed by atoms with Crippen molar-refractivity contribution in [2.45, 2.75) is 9.79 Å². The fourth-order valence-corrected chi connectivity index (χ4v) is 12.2. The highest BCUT2D eigenvalue weighted by atomic mass is 32.2. The molecule has 3 aliphatic heterocycles. The second-order valence-electron chi connectivity index (χ2n) is 19.5. The van der Waals surface area contributed by atoms with E-state index in [0.29, 0.717) is 23.3 Å². The Hall–Kier alpha value is -10.7. The SMILES string of the molecule is O=S(=O)(c1ccc(N2c3ccccc3Oc3ccccc32)cc1)c1ccc(N2c3ccccc3Oc3cc(-c4ccc5c(c4)N(c4ccc(-c6nnc(-c7ccccc7)o6)cc4)c4ccccc4N5c4ccccc4)ccc32)cc1. The van der Waals surface area contributed by atoms with Gasteiger partial charge in [0.1, 0.15) is 0 Å². The van der Waals surface area contributed by atoms with Gasteiger partial charge >= 0.3 is 0 Å². The normalized spacial score (nSPS) is 12.9. The summed E-state index contributed by atoms with van der Waals surface area (Å²) < 4.78 is 47.8. The highest BCUT2D eigenvalue weighted by Gasteiger charge is 2.33. The fourth-order valence-electron chi connectivity index (χ4n) is 11.0. The number of benzene rings is 11. The molecule has 4 heterocycles. The molecule has 0 saturated carbocycles. The monoisotopic (exact) mass is 1060 g/mol. The summed E-state index contributed by atoms with van der Waals surface area (Å²) in [5.41, 5.74) is 14.6. The molecule has 3 aliphatic rings. The van der Waals surface area contributed by atoms with Crippen LogP contribution in [-0.2, 0) is 9.84 Å². The van der Waals surface area contributed by atoms with E-state index < -0.39 is 9.84 Å². The lowest BCUT2D eigenvalue weighted by Gasteiger charge is -2.40. The summed E-state index contributed by atoms with van der Waals surface area (Å²) in [5, 5.41) is 8.74. The molecule has 0 atom stereocenters. The first-order valence-electron chi connectivity index (χ1n) is 26.1. The molecular weight excluding hydrogens is 1010 g/mol. The predicted octanol–water partition coefficient (Wildman–Crippen LogP) is 18.3. The van der Waals surface area contributed by atoms with Gasteiger partial charge in [0.25, 0.3) is 0 Å². The lowest BCUT2D eigenvalue weighted by molar-refractivity contribution is 0.477. The minimum Gasteiger partial charge on any atom is -0.453 e. The maximum absolute atomic E-state index is 14.3. The molecule has 0 N–H and O–H groups in total. The number of anilines is 12. The minimum atomic E-state index is -3.90. The van der Waals surface area contributed by atoms with E-state index in [9.17, 15) is 8.42 Å². The predicted molar refractivity (Wildman–Crippen MR) is 315 cm³/mol. The van der Waals surface area contributed by atoms with Gasteiger partial charge in [0, 0.05) is 33.9 Å². The number of hydrogen-bond acceptors (Lipinski definition) is 11. The van der Waals surface area contributed by atoms with E-state index in [1.165, 1.54) is 0 Å². The highest BCUT2D eigenvalue weighted by Crippen LogP contribution is 2.57. The topological polar surface area (TPSA) is 104 Å². The van der Waals surface area contributed by atoms with Crippen LogP contribution in [0.4, 0.5) is 68.2 Å². The first-order valence-corrected chi connectivity index (χ1v) is 27.6. The maximum atomic E-state index is 14.3. The van der Waals surface area contributed by atoms with Crippen LogP contribution in [0.2, 0.25) is 0 Å². The second kappa shape index (κ2) is 18.8. The third kappa shape index (κ3) is 7.84. The Bertz CT molecular complexity index is 4420. The Kier molecular flexibility index (Phi) is 10.9. The van der Waals surface area contributed by atoms with Crippen molar-refractivity contribution < 1.29 is 22.3 Å². The zero-order chi connectivity index (χ0) is 53.3. The van der Waals surface area contributed by atoms with Gasteiger partial charge in [0.05, 0.1) is 55.3 Å². The first kappa shape index (κ1) is 46.6. The zero-order valence-corrected chi connectivity index (χ0v) is 43.4. The molecule has 11 nitrogen and oxygen atoms in total. The van der Waals surface area contributed by atoms with Gasteiger partial charge in [-0.05, 0) is 181 Å². The number of aromatic nitrogens is 2. The van der Waals surface area contributed by atoms with E-state index in [1.807, 2.05) is 146 Å². The third-order valence-electron chi connectivity index (χ3n) is 14.8. The Morgan fingerprint density at radius 2 is 0.613 bits per heavy atom. The van der Waals surface area contributed by atoms with Crippen molar-refractivity contribution in [3.8, 4) is 57.0 Å². The Balaban J connectivity index is 0.761. The lowest BCUT2D eigenvalue weighted by Crippen LogP contribution is -2.24. The number of para-hydroxylation sites is 9. The number of hydrogen-bond donors (Lipinski definition) is 0. The molecule has 382 valence electrons. The Labute approximate surface area is 461 Å². The van der Waals surface area contributed by atoms with Crippen LogP contribution in [0.5, 0.6) is 23.0 Å². The maximum Gasteiger partial charge on any atom is 0.248 e. The van der Waals surface area contributed by atoms with E-state index in [-0.39, 0.29) is 9.79 Å². The van der Waals surface area contributed by atoms with Gasteiger partial charge in [-0.2, -0.15) is 0 Å². The van der Waals surface area contributed by atoms with Crippen LogP contribution in [0.15, 0.2) is 281 Å². The van der Waals surface area contributed by atoms with Crippen molar-refractivity contribution in [2.75, 3.05) is 19.6 Å². The van der Waals surface area contributed by atoms with E-state index in [0.717, 1.165) is 102 Å². The van der Waals surface area contributed by atoms with Crippen molar-refractivity contribution in [1.29, 1.82) is 0 Å². The van der Waals surface area contributed by atoms with E-state index in [4.69, 9.17) is 13.9 Å². The molecule has 0 aliphatic carbocycles. The van der Waals surface area contributed by atoms with Gasteiger partial charge in [-0.25, -0.2) is 8.42 Å². The number of fused-ring (bicyclic) bond motifs is 6. The van der Waals surface area contributed by atoms with Crippen LogP contribution in [0.25, 0.3) is 34.0 Å². The van der Waals surface area contributed by atoms with Gasteiger partial charge in [-0.1, -0.05) is 97.1 Å². The number of nitrogens with zero attached hydrogens (tertiary/aromatic N) is 6. The second-order valence-corrected chi connectivity index (χ2v) is 21.4. The summed E-state index contributed by atoms with van der Waals surface area (Å²) in [6.07, 6.45) is 0. The molecule has 0 amide bonds. The average molecular weight is 1060 g/mol.